The van der Waals surface area contributed by atoms with Crippen LogP contribution in [0.15, 0.2) is 0 Å². The molecular weight excluding hydrogens is 561 g/mol. The molecule has 0 saturated carbocycles. The molecule has 0 aromatic carbocycles. The molecule has 1 amide bonds. The van der Waals surface area contributed by atoms with Crippen LogP contribution in [0, 0.1) is 5.92 Å². The number of carbonyl (C=O) groups is 1. The van der Waals surface area contributed by atoms with Crippen molar-refractivity contribution in [2.24, 2.45) is 5.92 Å². The van der Waals surface area contributed by atoms with Gasteiger partial charge in [0, 0.05) is 38.6 Å². The molecule has 0 aromatic heterocycles. The Hall–Kier alpha value is -0.625. The first-order valence-corrected chi connectivity index (χ1v) is 19.3. The molecular formula is C38H82BNO5. The highest BCUT2D eigenvalue weighted by Gasteiger charge is 2.39. The van der Waals surface area contributed by atoms with Gasteiger partial charge in [0.15, 0.2) is 0 Å². The van der Waals surface area contributed by atoms with E-state index in [-0.39, 0.29) is 36.1 Å². The van der Waals surface area contributed by atoms with Crippen LogP contribution in [0.5, 0.6) is 0 Å². The lowest BCUT2D eigenvalue weighted by atomic mass is 9.89. The number of methoxy groups -OCH3 is 1. The zero-order valence-electron chi connectivity index (χ0n) is 32.4. The number of amides is 1. The molecule has 1 rings (SSSR count). The van der Waals surface area contributed by atoms with Crippen molar-refractivity contribution in [2.75, 3.05) is 26.9 Å². The zero-order chi connectivity index (χ0) is 35.1. The predicted molar refractivity (Wildman–Crippen MR) is 198 cm³/mol. The predicted octanol–water partition coefficient (Wildman–Crippen LogP) is 10.2. The van der Waals surface area contributed by atoms with Crippen molar-refractivity contribution in [3.8, 4) is 0 Å². The standard InChI is InChI=1S/C22H45NO2.C10H19BO3.3C2H6/c1-2-3-4-17-20-23-22(25)19-16-14-12-10-8-6-5-7-9-11-13-15-18-21-24;1-6(2)13-5-8-7(3)9(12-4)10(11)14-8;3*1-2/h24H,2-21H2,1H3,(H,23,25);6-10H,5H2,1-4H3;3*1-2H3. The number of hydrogen-bond donors (Lipinski definition) is 2. The molecule has 1 heterocycles. The molecule has 0 bridgehead atoms. The summed E-state index contributed by atoms with van der Waals surface area (Å²) < 4.78 is 16.3. The second kappa shape index (κ2) is 43.4. The summed E-state index contributed by atoms with van der Waals surface area (Å²) in [5.74, 6) is 0.532. The normalized spacial score (nSPS) is 18.3. The topological polar surface area (TPSA) is 77.0 Å². The summed E-state index contributed by atoms with van der Waals surface area (Å²) in [7, 11) is 7.44. The maximum absolute atomic E-state index is 11.7. The lowest BCUT2D eigenvalue weighted by Crippen LogP contribution is -2.29. The van der Waals surface area contributed by atoms with Crippen LogP contribution >= 0.6 is 0 Å². The number of ether oxygens (including phenoxy) is 3. The second-order valence-corrected chi connectivity index (χ2v) is 11.6. The fraction of sp³-hybridized carbons (Fsp3) is 0.974. The zero-order valence-corrected chi connectivity index (χ0v) is 32.4. The SMILES string of the molecule is CC.CC.CC.CCCCCCNC(=O)CCCCCCCCCCCCCCCO.[B]C1OC(COC(C)C)C(C)C1OC. The molecule has 1 fully saturated rings. The van der Waals surface area contributed by atoms with Crippen LogP contribution in [0.2, 0.25) is 0 Å². The summed E-state index contributed by atoms with van der Waals surface area (Å²) in [6, 6.07) is -0.323. The number of unbranched alkanes of at least 4 members (excludes halogenated alkanes) is 15. The minimum absolute atomic E-state index is 0.0178. The quantitative estimate of drug-likeness (QED) is 0.0809. The Labute approximate surface area is 284 Å². The van der Waals surface area contributed by atoms with Crippen molar-refractivity contribution in [1.82, 2.24) is 5.32 Å². The van der Waals surface area contributed by atoms with Gasteiger partial charge in [-0.05, 0) is 33.1 Å². The van der Waals surface area contributed by atoms with E-state index in [1.165, 1.54) is 89.9 Å². The molecule has 272 valence electrons. The average molecular weight is 644 g/mol. The fourth-order valence-corrected chi connectivity index (χ4v) is 4.95. The van der Waals surface area contributed by atoms with Gasteiger partial charge in [0.05, 0.1) is 24.9 Å². The summed E-state index contributed by atoms with van der Waals surface area (Å²) in [4.78, 5) is 11.7. The second-order valence-electron chi connectivity index (χ2n) is 11.6. The van der Waals surface area contributed by atoms with Gasteiger partial charge in [0.25, 0.3) is 0 Å². The number of rotatable bonds is 24. The van der Waals surface area contributed by atoms with Crippen LogP contribution in [-0.2, 0) is 19.0 Å². The molecule has 2 radical (unpaired) electrons. The summed E-state index contributed by atoms with van der Waals surface area (Å²) in [5.41, 5.74) is 0. The van der Waals surface area contributed by atoms with Crippen molar-refractivity contribution in [3.05, 3.63) is 0 Å². The minimum atomic E-state index is -0.323. The Morgan fingerprint density at radius 1 is 0.778 bits per heavy atom. The van der Waals surface area contributed by atoms with E-state index in [9.17, 15) is 4.79 Å². The van der Waals surface area contributed by atoms with E-state index >= 15 is 0 Å². The van der Waals surface area contributed by atoms with Crippen LogP contribution in [0.1, 0.15) is 185 Å². The van der Waals surface area contributed by atoms with E-state index in [1.807, 2.05) is 55.4 Å². The maximum Gasteiger partial charge on any atom is 0.219 e. The Morgan fingerprint density at radius 3 is 1.62 bits per heavy atom. The Morgan fingerprint density at radius 2 is 1.22 bits per heavy atom. The van der Waals surface area contributed by atoms with Gasteiger partial charge in [0.2, 0.25) is 5.91 Å². The molecule has 1 aliphatic rings. The highest BCUT2D eigenvalue weighted by Crippen LogP contribution is 2.27. The largest absolute Gasteiger partial charge is 0.396 e. The van der Waals surface area contributed by atoms with Gasteiger partial charge in [0.1, 0.15) is 7.85 Å². The van der Waals surface area contributed by atoms with Crippen LogP contribution in [0.25, 0.3) is 0 Å². The van der Waals surface area contributed by atoms with Crippen LogP contribution < -0.4 is 5.32 Å². The van der Waals surface area contributed by atoms with E-state index < -0.39 is 0 Å². The Kier molecular flexibility index (Phi) is 49.4. The summed E-state index contributed by atoms with van der Waals surface area (Å²) in [6.07, 6.45) is 22.3. The Bertz CT molecular complexity index is 538. The summed E-state index contributed by atoms with van der Waals surface area (Å²) in [6.45, 7) is 22.1. The number of carbonyl (C=O) groups excluding carboxylic acids is 1. The van der Waals surface area contributed by atoms with E-state index in [0.717, 1.165) is 25.8 Å². The van der Waals surface area contributed by atoms with Gasteiger partial charge in [-0.15, -0.1) is 0 Å². The molecule has 1 saturated heterocycles. The molecule has 7 heteroatoms. The number of aliphatic hydroxyl groups is 1. The van der Waals surface area contributed by atoms with Crippen LogP contribution in [-0.4, -0.2) is 70.0 Å². The van der Waals surface area contributed by atoms with E-state index in [1.54, 1.807) is 7.11 Å². The highest BCUT2D eigenvalue weighted by molar-refractivity contribution is 6.11. The number of aliphatic hydroxyl groups excluding tert-OH is 1. The molecule has 2 N–H and O–H groups in total. The number of hydrogen-bond acceptors (Lipinski definition) is 5. The van der Waals surface area contributed by atoms with Crippen molar-refractivity contribution in [3.63, 3.8) is 0 Å². The van der Waals surface area contributed by atoms with E-state index in [4.69, 9.17) is 27.2 Å². The molecule has 0 spiro atoms. The minimum Gasteiger partial charge on any atom is -0.396 e. The average Bonchev–Trinajstić information content (AvgIpc) is 3.34. The third-order valence-corrected chi connectivity index (χ3v) is 7.54. The molecule has 45 heavy (non-hydrogen) atoms. The van der Waals surface area contributed by atoms with Gasteiger partial charge in [-0.1, -0.05) is 145 Å². The molecule has 6 nitrogen and oxygen atoms in total. The third kappa shape index (κ3) is 36.1. The van der Waals surface area contributed by atoms with Crippen molar-refractivity contribution >= 4 is 13.8 Å². The van der Waals surface area contributed by atoms with Crippen LogP contribution in [0.3, 0.4) is 0 Å². The van der Waals surface area contributed by atoms with E-state index in [2.05, 4.69) is 19.2 Å². The Balaban J connectivity index is -0.000000353. The van der Waals surface area contributed by atoms with Crippen LogP contribution in [0.4, 0.5) is 0 Å². The van der Waals surface area contributed by atoms with Crippen molar-refractivity contribution in [2.45, 2.75) is 209 Å². The molecule has 0 aliphatic carbocycles. The first-order valence-electron chi connectivity index (χ1n) is 19.3. The monoisotopic (exact) mass is 644 g/mol. The number of nitrogens with one attached hydrogen (secondary N) is 1. The maximum atomic E-state index is 11.7. The molecule has 1 aliphatic heterocycles. The lowest BCUT2D eigenvalue weighted by Gasteiger charge is -2.18. The van der Waals surface area contributed by atoms with Gasteiger partial charge in [-0.3, -0.25) is 4.79 Å². The third-order valence-electron chi connectivity index (χ3n) is 7.54. The van der Waals surface area contributed by atoms with Gasteiger partial charge < -0.3 is 24.6 Å². The lowest BCUT2D eigenvalue weighted by molar-refractivity contribution is -0.121. The molecule has 0 aromatic rings. The van der Waals surface area contributed by atoms with Crippen molar-refractivity contribution < 1.29 is 24.1 Å². The first-order chi connectivity index (χ1) is 21.9. The van der Waals surface area contributed by atoms with Gasteiger partial charge in [-0.2, -0.15) is 0 Å². The van der Waals surface area contributed by atoms with E-state index in [0.29, 0.717) is 19.6 Å². The van der Waals surface area contributed by atoms with Crippen molar-refractivity contribution in [1.29, 1.82) is 0 Å². The highest BCUT2D eigenvalue weighted by atomic mass is 16.6. The molecule has 4 unspecified atom stereocenters. The first kappa shape index (κ1) is 51.2. The summed E-state index contributed by atoms with van der Waals surface area (Å²) >= 11 is 0. The fourth-order valence-electron chi connectivity index (χ4n) is 4.95. The smallest absolute Gasteiger partial charge is 0.219 e. The van der Waals surface area contributed by atoms with Gasteiger partial charge in [-0.25, -0.2) is 0 Å². The molecule has 4 atom stereocenters. The summed E-state index contributed by atoms with van der Waals surface area (Å²) in [5, 5.41) is 11.7. The van der Waals surface area contributed by atoms with Gasteiger partial charge >= 0.3 is 0 Å².